The molecule has 0 radical (unpaired) electrons. The van der Waals surface area contributed by atoms with Crippen molar-refractivity contribution in [1.82, 2.24) is 4.47 Å². The maximum absolute atomic E-state index is 12.1. The van der Waals surface area contributed by atoms with E-state index >= 15 is 0 Å². The number of carbonyl (C=O) groups is 1. The molecule has 0 aromatic heterocycles. The molecular formula is C11H14N2O4S. The lowest BCUT2D eigenvalue weighted by atomic mass is 10.3. The standard InChI is InChI=1S/C11H14N2O4S/c1-9(14)12-10-3-5-11(6-4-10)18(15,16)13-7-2-8-17-13/h3-6H,2,7-8H2,1H3,(H,12,14). The maximum atomic E-state index is 12.1. The quantitative estimate of drug-likeness (QED) is 0.888. The van der Waals surface area contributed by atoms with Crippen molar-refractivity contribution in [2.75, 3.05) is 18.5 Å². The average molecular weight is 270 g/mol. The van der Waals surface area contributed by atoms with Gasteiger partial charge in [0.1, 0.15) is 0 Å². The molecule has 1 aromatic rings. The van der Waals surface area contributed by atoms with E-state index in [-0.39, 0.29) is 10.8 Å². The second-order valence-electron chi connectivity index (χ2n) is 3.92. The van der Waals surface area contributed by atoms with Crippen LogP contribution in [-0.2, 0) is 19.7 Å². The molecule has 1 aromatic carbocycles. The van der Waals surface area contributed by atoms with Gasteiger partial charge in [-0.1, -0.05) is 4.47 Å². The SMILES string of the molecule is CC(=O)Nc1ccc(S(=O)(=O)N2CCCO2)cc1. The first kappa shape index (κ1) is 13.0. The fourth-order valence-corrected chi connectivity index (χ4v) is 2.94. The highest BCUT2D eigenvalue weighted by Gasteiger charge is 2.28. The van der Waals surface area contributed by atoms with Crippen molar-refractivity contribution >= 4 is 21.6 Å². The Morgan fingerprint density at radius 2 is 2.00 bits per heavy atom. The van der Waals surface area contributed by atoms with Crippen molar-refractivity contribution in [3.63, 3.8) is 0 Å². The van der Waals surface area contributed by atoms with Gasteiger partial charge in [-0.2, -0.15) is 0 Å². The Balaban J connectivity index is 2.20. The van der Waals surface area contributed by atoms with Gasteiger partial charge in [-0.15, -0.1) is 0 Å². The number of hydrogen-bond donors (Lipinski definition) is 1. The molecule has 98 valence electrons. The minimum Gasteiger partial charge on any atom is -0.326 e. The number of hydroxylamine groups is 1. The third kappa shape index (κ3) is 2.69. The second kappa shape index (κ2) is 5.05. The molecule has 0 spiro atoms. The lowest BCUT2D eigenvalue weighted by Gasteiger charge is -2.14. The summed E-state index contributed by atoms with van der Waals surface area (Å²) < 4.78 is 25.2. The van der Waals surface area contributed by atoms with Gasteiger partial charge in [0.05, 0.1) is 11.5 Å². The molecule has 0 atom stereocenters. The van der Waals surface area contributed by atoms with Crippen molar-refractivity contribution in [1.29, 1.82) is 0 Å². The number of hydrogen-bond acceptors (Lipinski definition) is 4. The van der Waals surface area contributed by atoms with Crippen molar-refractivity contribution in [3.05, 3.63) is 24.3 Å². The second-order valence-corrected chi connectivity index (χ2v) is 5.75. The molecule has 1 fully saturated rings. The Hall–Kier alpha value is -1.44. The first-order valence-electron chi connectivity index (χ1n) is 5.53. The number of carbonyl (C=O) groups excluding carboxylic acids is 1. The summed E-state index contributed by atoms with van der Waals surface area (Å²) in [5.41, 5.74) is 0.559. The Morgan fingerprint density at radius 3 is 2.50 bits per heavy atom. The first-order chi connectivity index (χ1) is 8.50. The van der Waals surface area contributed by atoms with Gasteiger partial charge in [-0.3, -0.25) is 9.63 Å². The molecular weight excluding hydrogens is 256 g/mol. The predicted octanol–water partition coefficient (Wildman–Crippen LogP) is 0.971. The Morgan fingerprint density at radius 1 is 1.33 bits per heavy atom. The van der Waals surface area contributed by atoms with Gasteiger partial charge in [-0.05, 0) is 30.7 Å². The highest BCUT2D eigenvalue weighted by atomic mass is 32.2. The summed E-state index contributed by atoms with van der Waals surface area (Å²) in [6, 6.07) is 5.99. The third-order valence-electron chi connectivity index (χ3n) is 2.46. The van der Waals surface area contributed by atoms with Crippen LogP contribution in [0, 0.1) is 0 Å². The Bertz CT molecular complexity index is 533. The third-order valence-corrected chi connectivity index (χ3v) is 4.15. The van der Waals surface area contributed by atoms with Crippen LogP contribution in [0.4, 0.5) is 5.69 Å². The number of sulfonamides is 1. The zero-order chi connectivity index (χ0) is 13.2. The smallest absolute Gasteiger partial charge is 0.265 e. The number of nitrogens with zero attached hydrogens (tertiary/aromatic N) is 1. The molecule has 2 rings (SSSR count). The van der Waals surface area contributed by atoms with E-state index in [1.165, 1.54) is 19.1 Å². The van der Waals surface area contributed by atoms with Crippen LogP contribution in [0.2, 0.25) is 0 Å². The van der Waals surface area contributed by atoms with E-state index in [0.717, 1.165) is 4.47 Å². The Labute approximate surface area is 106 Å². The largest absolute Gasteiger partial charge is 0.326 e. The van der Waals surface area contributed by atoms with Crippen molar-refractivity contribution in [2.45, 2.75) is 18.2 Å². The van der Waals surface area contributed by atoms with E-state index in [9.17, 15) is 13.2 Å². The summed E-state index contributed by atoms with van der Waals surface area (Å²) in [5.74, 6) is -0.200. The van der Waals surface area contributed by atoms with E-state index < -0.39 is 10.0 Å². The van der Waals surface area contributed by atoms with E-state index in [0.29, 0.717) is 25.3 Å². The molecule has 0 bridgehead atoms. The molecule has 6 nitrogen and oxygen atoms in total. The van der Waals surface area contributed by atoms with E-state index in [1.807, 2.05) is 0 Å². The predicted molar refractivity (Wildman–Crippen MR) is 65.2 cm³/mol. The molecule has 1 amide bonds. The number of anilines is 1. The lowest BCUT2D eigenvalue weighted by Crippen LogP contribution is -2.26. The summed E-state index contributed by atoms with van der Waals surface area (Å²) in [5, 5.41) is 2.57. The number of benzene rings is 1. The number of rotatable bonds is 3. The van der Waals surface area contributed by atoms with Gasteiger partial charge in [0.2, 0.25) is 5.91 Å². The zero-order valence-corrected chi connectivity index (χ0v) is 10.7. The van der Waals surface area contributed by atoms with Gasteiger partial charge in [0.15, 0.2) is 0 Å². The monoisotopic (exact) mass is 270 g/mol. The van der Waals surface area contributed by atoms with E-state index in [2.05, 4.69) is 5.32 Å². The summed E-state index contributed by atoms with van der Waals surface area (Å²) >= 11 is 0. The van der Waals surface area contributed by atoms with Crippen LogP contribution in [-0.4, -0.2) is 31.9 Å². The molecule has 0 saturated carbocycles. The fourth-order valence-electron chi connectivity index (χ4n) is 1.65. The van der Waals surface area contributed by atoms with Gasteiger partial charge in [0.25, 0.3) is 10.0 Å². The molecule has 1 aliphatic heterocycles. The van der Waals surface area contributed by atoms with Gasteiger partial charge in [-0.25, -0.2) is 8.42 Å². The lowest BCUT2D eigenvalue weighted by molar-refractivity contribution is -0.114. The van der Waals surface area contributed by atoms with Gasteiger partial charge < -0.3 is 5.32 Å². The van der Waals surface area contributed by atoms with Crippen LogP contribution in [0.1, 0.15) is 13.3 Å². The van der Waals surface area contributed by atoms with Crippen molar-refractivity contribution in [3.8, 4) is 0 Å². The summed E-state index contributed by atoms with van der Waals surface area (Å²) in [4.78, 5) is 16.0. The molecule has 0 unspecified atom stereocenters. The number of amides is 1. The van der Waals surface area contributed by atoms with E-state index in [4.69, 9.17) is 4.84 Å². The van der Waals surface area contributed by atoms with Gasteiger partial charge >= 0.3 is 0 Å². The topological polar surface area (TPSA) is 75.7 Å². The number of nitrogens with one attached hydrogen (secondary N) is 1. The summed E-state index contributed by atoms with van der Waals surface area (Å²) in [6.07, 6.45) is 0.698. The maximum Gasteiger partial charge on any atom is 0.265 e. The van der Waals surface area contributed by atoms with E-state index in [1.54, 1.807) is 12.1 Å². The highest BCUT2D eigenvalue weighted by molar-refractivity contribution is 7.89. The average Bonchev–Trinajstić information content (AvgIpc) is 2.83. The van der Waals surface area contributed by atoms with Crippen LogP contribution < -0.4 is 5.32 Å². The normalized spacial score (nSPS) is 16.7. The van der Waals surface area contributed by atoms with Crippen LogP contribution in [0.15, 0.2) is 29.2 Å². The van der Waals surface area contributed by atoms with Crippen LogP contribution in [0.5, 0.6) is 0 Å². The van der Waals surface area contributed by atoms with Crippen LogP contribution >= 0.6 is 0 Å². The molecule has 1 aliphatic rings. The highest BCUT2D eigenvalue weighted by Crippen LogP contribution is 2.21. The molecule has 1 heterocycles. The molecule has 1 saturated heterocycles. The zero-order valence-electron chi connectivity index (χ0n) is 9.92. The minimum atomic E-state index is -3.59. The molecule has 1 N–H and O–H groups in total. The van der Waals surface area contributed by atoms with Gasteiger partial charge in [0, 0.05) is 19.2 Å². The van der Waals surface area contributed by atoms with Crippen LogP contribution in [0.3, 0.4) is 0 Å². The Kier molecular flexibility index (Phi) is 3.65. The summed E-state index contributed by atoms with van der Waals surface area (Å²) in [6.45, 7) is 2.18. The summed E-state index contributed by atoms with van der Waals surface area (Å²) in [7, 11) is -3.59. The molecule has 0 aliphatic carbocycles. The minimum absolute atomic E-state index is 0.151. The van der Waals surface area contributed by atoms with Crippen molar-refractivity contribution in [2.24, 2.45) is 0 Å². The molecule has 18 heavy (non-hydrogen) atoms. The van der Waals surface area contributed by atoms with Crippen molar-refractivity contribution < 1.29 is 18.0 Å². The molecule has 7 heteroatoms. The van der Waals surface area contributed by atoms with Crippen LogP contribution in [0.25, 0.3) is 0 Å². The fraction of sp³-hybridized carbons (Fsp3) is 0.364. The first-order valence-corrected chi connectivity index (χ1v) is 6.97.